The molecule has 0 aliphatic carbocycles. The number of nitrogens with zero attached hydrogens (tertiary/aromatic N) is 2. The van der Waals surface area contributed by atoms with Crippen LogP contribution >= 0.6 is 0 Å². The summed E-state index contributed by atoms with van der Waals surface area (Å²) in [5.74, 6) is 0.698. The van der Waals surface area contributed by atoms with Crippen LogP contribution < -0.4 is 10.1 Å². The molecule has 2 aromatic rings. The van der Waals surface area contributed by atoms with Crippen molar-refractivity contribution in [1.29, 1.82) is 0 Å². The van der Waals surface area contributed by atoms with Crippen LogP contribution in [0, 0.1) is 13.8 Å². The van der Waals surface area contributed by atoms with E-state index >= 15 is 0 Å². The van der Waals surface area contributed by atoms with E-state index in [0.717, 1.165) is 21.8 Å². The second-order valence-corrected chi connectivity index (χ2v) is 7.67. The highest BCUT2D eigenvalue weighted by Gasteiger charge is 2.34. The zero-order valence-corrected chi connectivity index (χ0v) is 17.1. The number of ether oxygens (including phenoxy) is 1. The standard InChI is InChI=1S/C21H27N3O4/c1-13-8-7-9-17(14(13)2)28-18-11-10-16(12-22-18)23-19(25)15(3)24(20(26)27)21(4,5)6/h7-12,15H,1-6H3,(H,23,25)(H,26,27)/t15-/m1/s1. The van der Waals surface area contributed by atoms with Crippen LogP contribution in [0.3, 0.4) is 0 Å². The maximum atomic E-state index is 12.5. The van der Waals surface area contributed by atoms with E-state index in [-0.39, 0.29) is 0 Å². The summed E-state index contributed by atoms with van der Waals surface area (Å²) in [4.78, 5) is 29.4. The zero-order valence-electron chi connectivity index (χ0n) is 17.1. The number of aromatic nitrogens is 1. The van der Waals surface area contributed by atoms with Gasteiger partial charge in [0, 0.05) is 11.6 Å². The molecular weight excluding hydrogens is 358 g/mol. The molecular formula is C21H27N3O4. The second-order valence-electron chi connectivity index (χ2n) is 7.67. The normalized spacial score (nSPS) is 12.2. The van der Waals surface area contributed by atoms with E-state index in [9.17, 15) is 14.7 Å². The van der Waals surface area contributed by atoms with E-state index in [1.165, 1.54) is 6.20 Å². The Morgan fingerprint density at radius 3 is 2.39 bits per heavy atom. The fourth-order valence-electron chi connectivity index (χ4n) is 2.86. The number of aryl methyl sites for hydroxylation is 1. The van der Waals surface area contributed by atoms with Gasteiger partial charge in [-0.1, -0.05) is 12.1 Å². The van der Waals surface area contributed by atoms with Crippen LogP contribution in [-0.4, -0.2) is 38.6 Å². The average Bonchev–Trinajstić information content (AvgIpc) is 2.59. The number of carbonyl (C=O) groups excluding carboxylic acids is 1. The largest absolute Gasteiger partial charge is 0.465 e. The van der Waals surface area contributed by atoms with Crippen LogP contribution in [-0.2, 0) is 4.79 Å². The lowest BCUT2D eigenvalue weighted by atomic mass is 10.0. The maximum Gasteiger partial charge on any atom is 0.408 e. The first-order valence-corrected chi connectivity index (χ1v) is 9.04. The van der Waals surface area contributed by atoms with Crippen molar-refractivity contribution in [3.8, 4) is 11.6 Å². The highest BCUT2D eigenvalue weighted by molar-refractivity contribution is 5.96. The van der Waals surface area contributed by atoms with Gasteiger partial charge in [-0.25, -0.2) is 9.78 Å². The molecule has 0 saturated carbocycles. The lowest BCUT2D eigenvalue weighted by molar-refractivity contribution is -0.121. The van der Waals surface area contributed by atoms with E-state index in [0.29, 0.717) is 11.6 Å². The number of amides is 2. The van der Waals surface area contributed by atoms with E-state index in [2.05, 4.69) is 10.3 Å². The lowest BCUT2D eigenvalue weighted by Gasteiger charge is -2.37. The van der Waals surface area contributed by atoms with Crippen molar-refractivity contribution in [2.75, 3.05) is 5.32 Å². The van der Waals surface area contributed by atoms with Gasteiger partial charge in [0.15, 0.2) is 0 Å². The van der Waals surface area contributed by atoms with Crippen LogP contribution in [0.5, 0.6) is 11.6 Å². The molecule has 0 spiro atoms. The van der Waals surface area contributed by atoms with E-state index in [4.69, 9.17) is 4.74 Å². The van der Waals surface area contributed by atoms with E-state index < -0.39 is 23.6 Å². The Bertz CT molecular complexity index is 857. The molecule has 0 saturated heterocycles. The molecule has 1 aromatic carbocycles. The number of carbonyl (C=O) groups is 2. The second kappa shape index (κ2) is 8.29. The Balaban J connectivity index is 2.08. The number of nitrogens with one attached hydrogen (secondary N) is 1. The van der Waals surface area contributed by atoms with Gasteiger partial charge in [-0.2, -0.15) is 0 Å². The van der Waals surface area contributed by atoms with E-state index in [1.54, 1.807) is 39.8 Å². The number of benzene rings is 1. The Labute approximate surface area is 165 Å². The van der Waals surface area contributed by atoms with Crippen molar-refractivity contribution in [3.05, 3.63) is 47.7 Å². The molecule has 0 bridgehead atoms. The molecule has 0 aliphatic heterocycles. The fraction of sp³-hybridized carbons (Fsp3) is 0.381. The SMILES string of the molecule is Cc1cccc(Oc2ccc(NC(=O)[C@@H](C)N(C(=O)O)C(C)(C)C)cn2)c1C. The van der Waals surface area contributed by atoms with Gasteiger partial charge in [-0.15, -0.1) is 0 Å². The van der Waals surface area contributed by atoms with Crippen LogP contribution in [0.1, 0.15) is 38.8 Å². The summed E-state index contributed by atoms with van der Waals surface area (Å²) in [6.07, 6.45) is 0.332. The van der Waals surface area contributed by atoms with Gasteiger partial charge in [-0.3, -0.25) is 9.69 Å². The number of rotatable bonds is 5. The molecule has 0 radical (unpaired) electrons. The maximum absolute atomic E-state index is 12.5. The molecule has 150 valence electrons. The lowest BCUT2D eigenvalue weighted by Crippen LogP contribution is -2.54. The summed E-state index contributed by atoms with van der Waals surface area (Å²) in [6, 6.07) is 8.25. The minimum Gasteiger partial charge on any atom is -0.465 e. The number of hydrogen-bond acceptors (Lipinski definition) is 4. The van der Waals surface area contributed by atoms with Crippen LogP contribution in [0.15, 0.2) is 36.5 Å². The van der Waals surface area contributed by atoms with Crippen molar-refractivity contribution in [1.82, 2.24) is 9.88 Å². The van der Waals surface area contributed by atoms with Crippen molar-refractivity contribution >= 4 is 17.7 Å². The Morgan fingerprint density at radius 1 is 1.18 bits per heavy atom. The number of pyridine rings is 1. The topological polar surface area (TPSA) is 91.8 Å². The molecule has 0 unspecified atom stereocenters. The van der Waals surface area contributed by atoms with Crippen LogP contribution in [0.4, 0.5) is 10.5 Å². The minimum atomic E-state index is -1.15. The first-order valence-electron chi connectivity index (χ1n) is 9.04. The minimum absolute atomic E-state index is 0.404. The predicted octanol–water partition coefficient (Wildman–Crippen LogP) is 4.60. The highest BCUT2D eigenvalue weighted by Crippen LogP contribution is 2.26. The third kappa shape index (κ3) is 5.00. The van der Waals surface area contributed by atoms with Crippen molar-refractivity contribution in [2.24, 2.45) is 0 Å². The van der Waals surface area contributed by atoms with Gasteiger partial charge in [0.05, 0.1) is 11.9 Å². The summed E-state index contributed by atoms with van der Waals surface area (Å²) in [7, 11) is 0. The first-order chi connectivity index (χ1) is 13.0. The molecule has 7 nitrogen and oxygen atoms in total. The van der Waals surface area contributed by atoms with Gasteiger partial charge < -0.3 is 15.2 Å². The Kier molecular flexibility index (Phi) is 6.28. The quantitative estimate of drug-likeness (QED) is 0.785. The molecule has 0 fully saturated rings. The fourth-order valence-corrected chi connectivity index (χ4v) is 2.86. The van der Waals surface area contributed by atoms with Crippen LogP contribution in [0.2, 0.25) is 0 Å². The molecule has 0 aliphatic rings. The smallest absolute Gasteiger partial charge is 0.408 e. The molecule has 1 aromatic heterocycles. The third-order valence-corrected chi connectivity index (χ3v) is 4.47. The summed E-state index contributed by atoms with van der Waals surface area (Å²) >= 11 is 0. The van der Waals surface area contributed by atoms with Gasteiger partial charge in [-0.05, 0) is 64.8 Å². The number of carboxylic acid groups (broad SMARTS) is 1. The van der Waals surface area contributed by atoms with Gasteiger partial charge in [0.25, 0.3) is 0 Å². The van der Waals surface area contributed by atoms with E-state index in [1.807, 2.05) is 32.0 Å². The summed E-state index contributed by atoms with van der Waals surface area (Å²) in [5.41, 5.74) is 1.91. The highest BCUT2D eigenvalue weighted by atomic mass is 16.5. The molecule has 2 rings (SSSR count). The van der Waals surface area contributed by atoms with Crippen molar-refractivity contribution in [3.63, 3.8) is 0 Å². The summed E-state index contributed by atoms with van der Waals surface area (Å²) < 4.78 is 5.80. The van der Waals surface area contributed by atoms with Gasteiger partial charge in [0.1, 0.15) is 11.8 Å². The molecule has 2 N–H and O–H groups in total. The van der Waals surface area contributed by atoms with Crippen LogP contribution in [0.25, 0.3) is 0 Å². The van der Waals surface area contributed by atoms with Gasteiger partial charge in [0.2, 0.25) is 11.8 Å². The molecule has 28 heavy (non-hydrogen) atoms. The predicted molar refractivity (Wildman–Crippen MR) is 108 cm³/mol. The first kappa shape index (κ1) is 21.2. The molecule has 1 heterocycles. The summed E-state index contributed by atoms with van der Waals surface area (Å²) in [6.45, 7) is 10.8. The zero-order chi connectivity index (χ0) is 21.1. The summed E-state index contributed by atoms with van der Waals surface area (Å²) in [5, 5.41) is 12.1. The Morgan fingerprint density at radius 2 is 1.86 bits per heavy atom. The molecule has 2 amide bonds. The Hall–Kier alpha value is -3.09. The number of hydrogen-bond donors (Lipinski definition) is 2. The number of anilines is 1. The van der Waals surface area contributed by atoms with Crippen molar-refractivity contribution < 1.29 is 19.4 Å². The monoisotopic (exact) mass is 385 g/mol. The average molecular weight is 385 g/mol. The van der Waals surface area contributed by atoms with Crippen molar-refractivity contribution in [2.45, 2.75) is 53.1 Å². The third-order valence-electron chi connectivity index (χ3n) is 4.47. The molecule has 7 heteroatoms. The molecule has 1 atom stereocenters. The van der Waals surface area contributed by atoms with Gasteiger partial charge >= 0.3 is 6.09 Å².